The van der Waals surface area contributed by atoms with E-state index in [4.69, 9.17) is 4.74 Å². The highest BCUT2D eigenvalue weighted by molar-refractivity contribution is 5.91. The normalized spacial score (nSPS) is 19.5. The van der Waals surface area contributed by atoms with E-state index in [-0.39, 0.29) is 24.1 Å². The Morgan fingerprint density at radius 3 is 2.50 bits per heavy atom. The van der Waals surface area contributed by atoms with E-state index in [1.165, 1.54) is 0 Å². The van der Waals surface area contributed by atoms with Crippen LogP contribution in [0.5, 0.6) is 5.75 Å². The standard InChI is InChI=1S/C30H36N6O4/c1-40-25-10-8-23(9-11-25)19-27(37)35-16-12-30(13-17-35)20-24-21-36(34-33-24)15-5-14-31-28(38)26(32-29(30)39)18-22-6-3-2-4-7-22/h2-4,6-11,21,26H,5,12-20H2,1H3,(H,31,38)(H,32,39)/t26-/m0/s1. The average molecular weight is 545 g/mol. The first-order valence-corrected chi connectivity index (χ1v) is 13.9. The zero-order chi connectivity index (χ0) is 28.0. The van der Waals surface area contributed by atoms with E-state index in [0.29, 0.717) is 58.3 Å². The Morgan fingerprint density at radius 2 is 1.77 bits per heavy atom. The number of nitrogens with one attached hydrogen (secondary N) is 2. The van der Waals surface area contributed by atoms with Crippen LogP contribution in [-0.4, -0.2) is 70.4 Å². The second-order valence-electron chi connectivity index (χ2n) is 10.7. The molecule has 0 radical (unpaired) electrons. The SMILES string of the molecule is COc1ccc(CC(=O)N2CCC3(CC2)Cc2cn(nn2)CCCNC(=O)[C@H](Cc2ccccc2)NC3=O)cc1. The van der Waals surface area contributed by atoms with E-state index < -0.39 is 11.5 Å². The van der Waals surface area contributed by atoms with Crippen LogP contribution in [0.2, 0.25) is 0 Å². The minimum Gasteiger partial charge on any atom is -0.497 e. The highest BCUT2D eigenvalue weighted by Crippen LogP contribution is 2.36. The maximum Gasteiger partial charge on any atom is 0.242 e. The molecule has 1 fully saturated rings. The number of fused-ring (bicyclic) bond motifs is 2. The number of likely N-dealkylation sites (tertiary alicyclic amines) is 1. The second-order valence-corrected chi connectivity index (χ2v) is 10.7. The minimum atomic E-state index is -0.805. The monoisotopic (exact) mass is 544 g/mol. The fraction of sp³-hybridized carbons (Fsp3) is 0.433. The van der Waals surface area contributed by atoms with Gasteiger partial charge < -0.3 is 20.3 Å². The Hall–Kier alpha value is -4.21. The quantitative estimate of drug-likeness (QED) is 0.507. The maximum absolute atomic E-state index is 14.0. The van der Waals surface area contributed by atoms with Crippen LogP contribution in [0.4, 0.5) is 0 Å². The topological polar surface area (TPSA) is 118 Å². The summed E-state index contributed by atoms with van der Waals surface area (Å²) in [6.45, 7) is 2.00. The van der Waals surface area contributed by atoms with E-state index >= 15 is 0 Å². The molecule has 3 heterocycles. The first-order chi connectivity index (χ1) is 19.4. The lowest BCUT2D eigenvalue weighted by atomic mass is 9.73. The highest BCUT2D eigenvalue weighted by Gasteiger charge is 2.44. The maximum atomic E-state index is 14.0. The van der Waals surface area contributed by atoms with Crippen LogP contribution in [0.3, 0.4) is 0 Å². The number of amides is 3. The van der Waals surface area contributed by atoms with E-state index in [1.807, 2.05) is 65.7 Å². The lowest BCUT2D eigenvalue weighted by molar-refractivity contribution is -0.141. The zero-order valence-electron chi connectivity index (χ0n) is 22.8. The molecule has 5 rings (SSSR count). The molecule has 2 aliphatic heterocycles. The number of rotatable bonds is 5. The lowest BCUT2D eigenvalue weighted by Gasteiger charge is -2.41. The molecule has 2 aromatic carbocycles. The van der Waals surface area contributed by atoms with Gasteiger partial charge in [0.25, 0.3) is 0 Å². The molecule has 1 spiro atoms. The molecule has 1 aromatic heterocycles. The Balaban J connectivity index is 1.33. The number of benzene rings is 2. The van der Waals surface area contributed by atoms with Crippen molar-refractivity contribution in [1.29, 1.82) is 0 Å². The largest absolute Gasteiger partial charge is 0.497 e. The Labute approximate surface area is 234 Å². The first kappa shape index (κ1) is 27.4. The summed E-state index contributed by atoms with van der Waals surface area (Å²) in [6, 6.07) is 16.5. The average Bonchev–Trinajstić information content (AvgIpc) is 3.42. The summed E-state index contributed by atoms with van der Waals surface area (Å²) in [7, 11) is 1.61. The summed E-state index contributed by atoms with van der Waals surface area (Å²) >= 11 is 0. The number of hydrogen-bond donors (Lipinski definition) is 2. The van der Waals surface area contributed by atoms with Gasteiger partial charge in [-0.3, -0.25) is 19.1 Å². The number of methoxy groups -OCH3 is 1. The van der Waals surface area contributed by atoms with Gasteiger partial charge in [0.15, 0.2) is 0 Å². The van der Waals surface area contributed by atoms with Crippen LogP contribution >= 0.6 is 0 Å². The smallest absolute Gasteiger partial charge is 0.242 e. The van der Waals surface area contributed by atoms with Crippen LogP contribution in [0.15, 0.2) is 60.8 Å². The summed E-state index contributed by atoms with van der Waals surface area (Å²) in [5.41, 5.74) is 1.83. The molecule has 10 heteroatoms. The summed E-state index contributed by atoms with van der Waals surface area (Å²) in [5, 5.41) is 14.6. The van der Waals surface area contributed by atoms with Gasteiger partial charge in [-0.1, -0.05) is 47.7 Å². The fourth-order valence-corrected chi connectivity index (χ4v) is 5.52. The van der Waals surface area contributed by atoms with Crippen LogP contribution < -0.4 is 15.4 Å². The number of aryl methyl sites for hydroxylation is 1. The van der Waals surface area contributed by atoms with E-state index in [0.717, 1.165) is 22.6 Å². The fourth-order valence-electron chi connectivity index (χ4n) is 5.52. The summed E-state index contributed by atoms with van der Waals surface area (Å²) in [6.07, 6.45) is 4.62. The van der Waals surface area contributed by atoms with E-state index in [2.05, 4.69) is 20.9 Å². The molecule has 210 valence electrons. The molecule has 2 N–H and O–H groups in total. The van der Waals surface area contributed by atoms with Crippen molar-refractivity contribution in [1.82, 2.24) is 30.5 Å². The van der Waals surface area contributed by atoms with E-state index in [9.17, 15) is 14.4 Å². The Bertz CT molecular complexity index is 1320. The third-order valence-electron chi connectivity index (χ3n) is 7.94. The lowest BCUT2D eigenvalue weighted by Crippen LogP contribution is -2.56. The number of ether oxygens (including phenoxy) is 1. The minimum absolute atomic E-state index is 0.0253. The van der Waals surface area contributed by atoms with Crippen LogP contribution in [-0.2, 0) is 40.2 Å². The van der Waals surface area contributed by atoms with Gasteiger partial charge in [-0.2, -0.15) is 0 Å². The van der Waals surface area contributed by atoms with Crippen molar-refractivity contribution < 1.29 is 19.1 Å². The van der Waals surface area contributed by atoms with Crippen molar-refractivity contribution in [2.75, 3.05) is 26.7 Å². The van der Waals surface area contributed by atoms with Gasteiger partial charge in [-0.25, -0.2) is 0 Å². The predicted octanol–water partition coefficient (Wildman–Crippen LogP) is 1.93. The molecule has 3 aromatic rings. The number of carbonyl (C=O) groups excluding carboxylic acids is 3. The van der Waals surface area contributed by atoms with Gasteiger partial charge in [0, 0.05) is 45.2 Å². The number of hydrogen-bond acceptors (Lipinski definition) is 6. The number of carbonyl (C=O) groups is 3. The van der Waals surface area contributed by atoms with Crippen molar-refractivity contribution in [2.45, 2.75) is 51.1 Å². The van der Waals surface area contributed by atoms with Gasteiger partial charge in [-0.05, 0) is 42.5 Å². The molecule has 0 saturated carbocycles. The molecule has 2 aliphatic rings. The highest BCUT2D eigenvalue weighted by atomic mass is 16.5. The van der Waals surface area contributed by atoms with Crippen molar-refractivity contribution in [2.24, 2.45) is 5.41 Å². The molecule has 0 unspecified atom stereocenters. The summed E-state index contributed by atoms with van der Waals surface area (Å²) in [4.78, 5) is 42.2. The number of piperidine rings is 1. The Morgan fingerprint density at radius 1 is 1.02 bits per heavy atom. The van der Waals surface area contributed by atoms with Crippen molar-refractivity contribution >= 4 is 17.7 Å². The summed E-state index contributed by atoms with van der Waals surface area (Å²) < 4.78 is 6.97. The van der Waals surface area contributed by atoms with Crippen LogP contribution in [0.25, 0.3) is 0 Å². The third kappa shape index (κ3) is 6.50. The van der Waals surface area contributed by atoms with Crippen LogP contribution in [0, 0.1) is 5.41 Å². The molecule has 3 amide bonds. The Kier molecular flexibility index (Phi) is 8.42. The first-order valence-electron chi connectivity index (χ1n) is 13.9. The molecule has 40 heavy (non-hydrogen) atoms. The van der Waals surface area contributed by atoms with Crippen molar-refractivity contribution in [3.05, 3.63) is 77.6 Å². The molecule has 10 nitrogen and oxygen atoms in total. The third-order valence-corrected chi connectivity index (χ3v) is 7.94. The van der Waals surface area contributed by atoms with Gasteiger partial charge in [-0.15, -0.1) is 5.10 Å². The molecule has 2 bridgehead atoms. The molecule has 1 saturated heterocycles. The predicted molar refractivity (Wildman–Crippen MR) is 148 cm³/mol. The second kappa shape index (κ2) is 12.3. The number of aromatic nitrogens is 3. The van der Waals surface area contributed by atoms with Crippen LogP contribution in [0.1, 0.15) is 36.1 Å². The molecular weight excluding hydrogens is 508 g/mol. The summed E-state index contributed by atoms with van der Waals surface area (Å²) in [5.74, 6) is 0.394. The van der Waals surface area contributed by atoms with Crippen molar-refractivity contribution in [3.63, 3.8) is 0 Å². The van der Waals surface area contributed by atoms with Crippen molar-refractivity contribution in [3.8, 4) is 5.75 Å². The molecule has 1 atom stereocenters. The number of nitrogens with zero attached hydrogens (tertiary/aromatic N) is 4. The zero-order valence-corrected chi connectivity index (χ0v) is 22.8. The van der Waals surface area contributed by atoms with Gasteiger partial charge in [0.05, 0.1) is 24.6 Å². The van der Waals surface area contributed by atoms with Gasteiger partial charge in [0.1, 0.15) is 11.8 Å². The van der Waals surface area contributed by atoms with Gasteiger partial charge in [0.2, 0.25) is 17.7 Å². The van der Waals surface area contributed by atoms with Gasteiger partial charge >= 0.3 is 0 Å². The molecule has 0 aliphatic carbocycles. The molecular formula is C30H36N6O4. The van der Waals surface area contributed by atoms with E-state index in [1.54, 1.807) is 11.8 Å².